The Morgan fingerprint density at radius 1 is 1.43 bits per heavy atom. The fourth-order valence-corrected chi connectivity index (χ4v) is 1.71. The van der Waals surface area contributed by atoms with Gasteiger partial charge in [0.25, 0.3) is 0 Å². The summed E-state index contributed by atoms with van der Waals surface area (Å²) in [5.41, 5.74) is 8.81. The summed E-state index contributed by atoms with van der Waals surface area (Å²) in [6, 6.07) is 6.20. The fourth-order valence-electron chi connectivity index (χ4n) is 1.71. The van der Waals surface area contributed by atoms with Gasteiger partial charge in [0.05, 0.1) is 7.11 Å². The first-order valence-electron chi connectivity index (χ1n) is 5.05. The van der Waals surface area contributed by atoms with E-state index >= 15 is 0 Å². The average molecular weight is 191 g/mol. The van der Waals surface area contributed by atoms with Gasteiger partial charge in [-0.3, -0.25) is 0 Å². The van der Waals surface area contributed by atoms with Crippen molar-refractivity contribution < 1.29 is 4.74 Å². The van der Waals surface area contributed by atoms with Crippen LogP contribution in [0.15, 0.2) is 18.2 Å². The lowest BCUT2D eigenvalue weighted by atomic mass is 10.00. The molecular formula is C12H17NO. The van der Waals surface area contributed by atoms with E-state index in [1.807, 2.05) is 6.07 Å². The van der Waals surface area contributed by atoms with Crippen LogP contribution in [0.4, 0.5) is 0 Å². The van der Waals surface area contributed by atoms with Crippen LogP contribution in [0.2, 0.25) is 0 Å². The van der Waals surface area contributed by atoms with Crippen molar-refractivity contribution in [2.75, 3.05) is 7.11 Å². The van der Waals surface area contributed by atoms with E-state index in [2.05, 4.69) is 19.1 Å². The second-order valence-electron chi connectivity index (χ2n) is 4.33. The second kappa shape index (κ2) is 3.28. The molecule has 2 heteroatoms. The van der Waals surface area contributed by atoms with Crippen molar-refractivity contribution in [3.05, 3.63) is 29.3 Å². The van der Waals surface area contributed by atoms with Crippen LogP contribution in [0.25, 0.3) is 0 Å². The second-order valence-corrected chi connectivity index (χ2v) is 4.33. The van der Waals surface area contributed by atoms with Crippen molar-refractivity contribution in [3.63, 3.8) is 0 Å². The van der Waals surface area contributed by atoms with Gasteiger partial charge < -0.3 is 10.5 Å². The molecule has 0 spiro atoms. The molecule has 0 amide bonds. The average Bonchev–Trinajstić information content (AvgIpc) is 2.88. The Hall–Kier alpha value is -1.02. The molecule has 2 nitrogen and oxygen atoms in total. The molecule has 1 aliphatic carbocycles. The first kappa shape index (κ1) is 9.53. The van der Waals surface area contributed by atoms with Gasteiger partial charge in [0, 0.05) is 5.54 Å². The fraction of sp³-hybridized carbons (Fsp3) is 0.500. The number of hydrogen-bond acceptors (Lipinski definition) is 2. The predicted octanol–water partition coefficient (Wildman–Crippen LogP) is 2.04. The molecule has 0 aliphatic heterocycles. The first-order chi connectivity index (χ1) is 6.63. The van der Waals surface area contributed by atoms with Crippen LogP contribution in [0, 0.1) is 6.92 Å². The third kappa shape index (κ3) is 1.90. The molecule has 0 saturated heterocycles. The van der Waals surface area contributed by atoms with Crippen LogP contribution in [0.5, 0.6) is 5.75 Å². The van der Waals surface area contributed by atoms with Gasteiger partial charge in [-0.1, -0.05) is 6.07 Å². The van der Waals surface area contributed by atoms with E-state index in [9.17, 15) is 0 Å². The molecule has 0 atom stereocenters. The van der Waals surface area contributed by atoms with Crippen molar-refractivity contribution in [2.24, 2.45) is 5.73 Å². The van der Waals surface area contributed by atoms with Gasteiger partial charge in [-0.2, -0.15) is 0 Å². The molecule has 0 bridgehead atoms. The van der Waals surface area contributed by atoms with E-state index in [1.165, 1.54) is 24.0 Å². The molecule has 2 N–H and O–H groups in total. The minimum atomic E-state index is 0.0966. The number of nitrogens with two attached hydrogens (primary N) is 1. The summed E-state index contributed by atoms with van der Waals surface area (Å²) in [4.78, 5) is 0. The maximum atomic E-state index is 6.09. The number of hydrogen-bond donors (Lipinski definition) is 1. The van der Waals surface area contributed by atoms with Crippen LogP contribution in [-0.4, -0.2) is 12.6 Å². The van der Waals surface area contributed by atoms with Gasteiger partial charge in [0.1, 0.15) is 5.75 Å². The standard InChI is InChI=1S/C12H17NO/c1-9-7-11(14-2)4-3-10(9)8-12(13)5-6-12/h3-4,7H,5-6,8,13H2,1-2H3. The van der Waals surface area contributed by atoms with Crippen LogP contribution >= 0.6 is 0 Å². The molecule has 2 rings (SSSR count). The molecule has 14 heavy (non-hydrogen) atoms. The van der Waals surface area contributed by atoms with Crippen molar-refractivity contribution in [1.29, 1.82) is 0 Å². The van der Waals surface area contributed by atoms with Crippen LogP contribution in [-0.2, 0) is 6.42 Å². The molecule has 0 aromatic heterocycles. The molecule has 1 aromatic carbocycles. The largest absolute Gasteiger partial charge is 0.497 e. The highest BCUT2D eigenvalue weighted by molar-refractivity contribution is 5.36. The molecular weight excluding hydrogens is 174 g/mol. The summed E-state index contributed by atoms with van der Waals surface area (Å²) in [5.74, 6) is 0.924. The Balaban J connectivity index is 2.17. The van der Waals surface area contributed by atoms with Crippen molar-refractivity contribution in [2.45, 2.75) is 31.7 Å². The summed E-state index contributed by atoms with van der Waals surface area (Å²) in [6.45, 7) is 2.11. The summed E-state index contributed by atoms with van der Waals surface area (Å²) in [5, 5.41) is 0. The normalized spacial score (nSPS) is 17.9. The zero-order chi connectivity index (χ0) is 10.2. The van der Waals surface area contributed by atoms with Crippen LogP contribution in [0.3, 0.4) is 0 Å². The van der Waals surface area contributed by atoms with Crippen LogP contribution < -0.4 is 10.5 Å². The first-order valence-corrected chi connectivity index (χ1v) is 5.05. The maximum Gasteiger partial charge on any atom is 0.119 e. The lowest BCUT2D eigenvalue weighted by molar-refractivity contribution is 0.414. The lowest BCUT2D eigenvalue weighted by Gasteiger charge is -2.12. The zero-order valence-electron chi connectivity index (χ0n) is 8.84. The number of aryl methyl sites for hydroxylation is 1. The number of benzene rings is 1. The smallest absolute Gasteiger partial charge is 0.119 e. The molecule has 76 valence electrons. The van der Waals surface area contributed by atoms with Gasteiger partial charge in [0.15, 0.2) is 0 Å². The highest BCUT2D eigenvalue weighted by Crippen LogP contribution is 2.36. The number of rotatable bonds is 3. The SMILES string of the molecule is COc1ccc(CC2(N)CC2)c(C)c1. The van der Waals surface area contributed by atoms with E-state index in [-0.39, 0.29) is 5.54 Å². The molecule has 1 saturated carbocycles. The molecule has 0 heterocycles. The maximum absolute atomic E-state index is 6.09. The van der Waals surface area contributed by atoms with E-state index in [0.717, 1.165) is 12.2 Å². The number of methoxy groups -OCH3 is 1. The third-order valence-electron chi connectivity index (χ3n) is 2.98. The van der Waals surface area contributed by atoms with Crippen molar-refractivity contribution in [3.8, 4) is 5.75 Å². The Labute approximate surface area is 85.1 Å². The molecule has 0 radical (unpaired) electrons. The topological polar surface area (TPSA) is 35.2 Å². The quantitative estimate of drug-likeness (QED) is 0.793. The monoisotopic (exact) mass is 191 g/mol. The zero-order valence-corrected chi connectivity index (χ0v) is 8.84. The Morgan fingerprint density at radius 3 is 2.64 bits per heavy atom. The van der Waals surface area contributed by atoms with Gasteiger partial charge in [-0.05, 0) is 49.4 Å². The minimum Gasteiger partial charge on any atom is -0.497 e. The molecule has 1 fully saturated rings. The van der Waals surface area contributed by atoms with Crippen molar-refractivity contribution >= 4 is 0 Å². The third-order valence-corrected chi connectivity index (χ3v) is 2.98. The van der Waals surface area contributed by atoms with Crippen molar-refractivity contribution in [1.82, 2.24) is 0 Å². The van der Waals surface area contributed by atoms with E-state index in [1.54, 1.807) is 7.11 Å². The van der Waals surface area contributed by atoms with Gasteiger partial charge in [-0.25, -0.2) is 0 Å². The van der Waals surface area contributed by atoms with Gasteiger partial charge >= 0.3 is 0 Å². The van der Waals surface area contributed by atoms with E-state index in [0.29, 0.717) is 0 Å². The Kier molecular flexibility index (Phi) is 2.23. The molecule has 1 aromatic rings. The molecule has 1 aliphatic rings. The highest BCUT2D eigenvalue weighted by atomic mass is 16.5. The van der Waals surface area contributed by atoms with E-state index < -0.39 is 0 Å². The lowest BCUT2D eigenvalue weighted by Crippen LogP contribution is -2.24. The number of ether oxygens (including phenoxy) is 1. The van der Waals surface area contributed by atoms with Crippen LogP contribution in [0.1, 0.15) is 24.0 Å². The molecule has 0 unspecified atom stereocenters. The summed E-state index contributed by atoms with van der Waals surface area (Å²) in [7, 11) is 1.69. The van der Waals surface area contributed by atoms with E-state index in [4.69, 9.17) is 10.5 Å². The highest BCUT2D eigenvalue weighted by Gasteiger charge is 2.38. The van der Waals surface area contributed by atoms with Gasteiger partial charge in [0.2, 0.25) is 0 Å². The summed E-state index contributed by atoms with van der Waals surface area (Å²) >= 11 is 0. The minimum absolute atomic E-state index is 0.0966. The van der Waals surface area contributed by atoms with Gasteiger partial charge in [-0.15, -0.1) is 0 Å². The summed E-state index contributed by atoms with van der Waals surface area (Å²) < 4.78 is 5.16. The summed E-state index contributed by atoms with van der Waals surface area (Å²) in [6.07, 6.45) is 3.33. The predicted molar refractivity (Wildman–Crippen MR) is 57.6 cm³/mol. The Morgan fingerprint density at radius 2 is 2.14 bits per heavy atom. The Bertz CT molecular complexity index is 342.